The number of hydrogen-bond donors (Lipinski definition) is 5. The van der Waals surface area contributed by atoms with Crippen LogP contribution in [0.2, 0.25) is 0 Å². The lowest BCUT2D eigenvalue weighted by Gasteiger charge is -2.69. The quantitative estimate of drug-likeness (QED) is 0.0254. The van der Waals surface area contributed by atoms with Gasteiger partial charge in [0, 0.05) is 55.7 Å². The maximum atomic E-state index is 14.2. The molecule has 106 heavy (non-hydrogen) atoms. The molecule has 10 rings (SSSR count). The fourth-order valence-corrected chi connectivity index (χ4v) is 16.9. The zero-order chi connectivity index (χ0) is 75.2. The molecule has 2 unspecified atom stereocenters. The first kappa shape index (κ1) is 83.5. The van der Waals surface area contributed by atoms with Crippen LogP contribution < -0.4 is 27.0 Å². The second-order valence-electron chi connectivity index (χ2n) is 28.6. The summed E-state index contributed by atoms with van der Waals surface area (Å²) < 4.78 is 75.6. The lowest BCUT2D eigenvalue weighted by Crippen LogP contribution is -2.64. The highest BCUT2D eigenvalue weighted by Gasteiger charge is 2.66. The first-order chi connectivity index (χ1) is 51.3. The number of carboxylic acids is 1. The number of aromatic carboxylic acids is 1. The Hall–Kier alpha value is -6.56. The topological polar surface area (TPSA) is 352 Å². The second kappa shape index (κ2) is 42.4. The van der Waals surface area contributed by atoms with Crippen LogP contribution in [0.3, 0.4) is 0 Å². The number of rotatable bonds is 53. The Balaban J connectivity index is 0.663. The van der Waals surface area contributed by atoms with E-state index in [2.05, 4.69) is 29.5 Å². The Morgan fingerprint density at radius 2 is 1.23 bits per heavy atom. The van der Waals surface area contributed by atoms with Crippen molar-refractivity contribution in [1.29, 1.82) is 0 Å². The molecule has 1 aliphatic heterocycles. The summed E-state index contributed by atoms with van der Waals surface area (Å²) in [6.07, 6.45) is 9.39. The summed E-state index contributed by atoms with van der Waals surface area (Å²) in [6, 6.07) is 15.2. The summed E-state index contributed by atoms with van der Waals surface area (Å²) in [5.41, 5.74) is 16.5. The van der Waals surface area contributed by atoms with E-state index < -0.39 is 48.0 Å². The molecule has 5 aliphatic rings. The number of carbonyl (C=O) groups excluding carboxylic acids is 4. The summed E-state index contributed by atoms with van der Waals surface area (Å²) in [5.74, 6) is -2.70. The highest BCUT2D eigenvalue weighted by Crippen LogP contribution is 2.72. The van der Waals surface area contributed by atoms with Crippen LogP contribution in [-0.2, 0) is 95.5 Å². The van der Waals surface area contributed by atoms with Gasteiger partial charge in [0.2, 0.25) is 11.8 Å². The van der Waals surface area contributed by atoms with Crippen LogP contribution in [0, 0.1) is 23.2 Å². The van der Waals surface area contributed by atoms with Crippen LogP contribution in [0.1, 0.15) is 116 Å². The SMILES string of the molecule is COCCOCCOCCOCCOCCOCCOCCOCCOCCOCCOCCOCC(=O)NC(=O)[C@H](C)N(CCOC12CC3(C)CC(C)(CC(Cn4ncc(-c5ccc(N6CCc7cccc(C(=O)Nc8nc9ccccc9s8)c7C6)nc5C(=O)O)c4C)(C3)C1)C2)C(=O)[C@@H](N)CCCCN. The van der Waals surface area contributed by atoms with Gasteiger partial charge in [0.25, 0.3) is 11.8 Å². The Morgan fingerprint density at radius 1 is 0.660 bits per heavy atom. The van der Waals surface area contributed by atoms with Gasteiger partial charge in [0.1, 0.15) is 18.5 Å². The normalized spacial score (nSPS) is 20.1. The second-order valence-corrected chi connectivity index (χ2v) is 29.7. The largest absolute Gasteiger partial charge is 0.476 e. The fraction of sp³-hybridized carbons (Fsp3) is 0.658. The van der Waals surface area contributed by atoms with Crippen molar-refractivity contribution in [2.45, 2.75) is 123 Å². The Labute approximate surface area is 625 Å². The number of ether oxygens (including phenoxy) is 13. The number of unbranched alkanes of at least 4 members (excludes halogenated alkanes) is 1. The predicted molar refractivity (Wildman–Crippen MR) is 397 cm³/mol. The van der Waals surface area contributed by atoms with E-state index in [9.17, 15) is 29.1 Å². The van der Waals surface area contributed by atoms with E-state index in [0.29, 0.717) is 212 Å². The highest BCUT2D eigenvalue weighted by molar-refractivity contribution is 7.22. The molecule has 2 aromatic carbocycles. The molecule has 29 nitrogen and oxygen atoms in total. The third-order valence-electron chi connectivity index (χ3n) is 19.8. The third kappa shape index (κ3) is 25.0. The molecule has 4 heterocycles. The molecular weight excluding hydrogens is 1390 g/mol. The van der Waals surface area contributed by atoms with Crippen molar-refractivity contribution in [2.24, 2.45) is 27.7 Å². The first-order valence-corrected chi connectivity index (χ1v) is 38.0. The third-order valence-corrected chi connectivity index (χ3v) is 20.7. The molecule has 586 valence electrons. The van der Waals surface area contributed by atoms with Gasteiger partial charge in [-0.2, -0.15) is 5.10 Å². The first-order valence-electron chi connectivity index (χ1n) is 37.2. The number of fused-ring (bicyclic) bond motifs is 2. The summed E-state index contributed by atoms with van der Waals surface area (Å²) in [6.45, 7) is 19.4. The summed E-state index contributed by atoms with van der Waals surface area (Å²) in [5, 5.41) is 21.7. The molecule has 0 radical (unpaired) electrons. The number of carbonyl (C=O) groups is 5. The number of amides is 4. The fourth-order valence-electron chi connectivity index (χ4n) is 16.0. The van der Waals surface area contributed by atoms with Gasteiger partial charge < -0.3 is 88.0 Å². The molecule has 0 spiro atoms. The molecule has 4 bridgehead atoms. The van der Waals surface area contributed by atoms with E-state index in [0.717, 1.165) is 65.6 Å². The summed E-state index contributed by atoms with van der Waals surface area (Å²) >= 11 is 1.41. The average Bonchev–Trinajstić information content (AvgIpc) is 0.702. The Kier molecular flexibility index (Phi) is 33.4. The van der Waals surface area contributed by atoms with Gasteiger partial charge in [-0.05, 0) is 136 Å². The monoisotopic (exact) mass is 1500 g/mol. The minimum Gasteiger partial charge on any atom is -0.476 e. The van der Waals surface area contributed by atoms with E-state index in [1.165, 1.54) is 16.2 Å². The molecule has 0 saturated heterocycles. The number of nitrogens with one attached hydrogen (secondary N) is 2. The highest BCUT2D eigenvalue weighted by atomic mass is 32.1. The number of pyridine rings is 1. The van der Waals surface area contributed by atoms with Gasteiger partial charge >= 0.3 is 5.97 Å². The lowest BCUT2D eigenvalue weighted by atomic mass is 9.39. The van der Waals surface area contributed by atoms with Gasteiger partial charge in [-0.1, -0.05) is 55.9 Å². The number of nitrogens with two attached hydrogens (primary N) is 2. The van der Waals surface area contributed by atoms with Crippen LogP contribution in [0.15, 0.2) is 60.8 Å². The van der Waals surface area contributed by atoms with Gasteiger partial charge in [0.15, 0.2) is 10.8 Å². The van der Waals surface area contributed by atoms with Crippen molar-refractivity contribution in [1.82, 2.24) is 30.0 Å². The minimum absolute atomic E-state index is 0.0572. The van der Waals surface area contributed by atoms with Gasteiger partial charge in [-0.15, -0.1) is 0 Å². The number of aromatic nitrogens is 4. The smallest absolute Gasteiger partial charge is 0.355 e. The number of hydrogen-bond acceptors (Lipinski definition) is 25. The lowest BCUT2D eigenvalue weighted by molar-refractivity contribution is -0.249. The standard InChI is InChI=1S/C76H112N10O19S/c1-55-60(58-16-17-65(81-67(58)71(91)92)84-20-18-57-11-10-12-59(61(57)46-84)69(89)83-72-80-63-14-6-7-15-64(63)106-72)45-79-86(55)54-75-49-73(3)48-74(4,50-75)52-76(51-73,53-75)105-22-21-85(70(90)62(78)13-8-9-19-77)56(2)68(88)82-66(87)47-104-44-43-103-42-41-102-40-39-101-38-37-100-36-35-99-34-33-98-32-31-97-30-29-96-28-27-95-26-25-94-24-23-93-5/h6-7,10-12,14-17,45,56,62H,8-9,13,18-44,46-54,77-78H2,1-5H3,(H,91,92)(H,80,83,89)(H,82,87,88)/t56-,62-,73?,74?,75?,76?/m0/s1. The number of para-hydroxylation sites is 1. The van der Waals surface area contributed by atoms with E-state index in [-0.39, 0.29) is 54.2 Å². The molecule has 3 aromatic heterocycles. The molecule has 4 atom stereocenters. The van der Waals surface area contributed by atoms with Gasteiger partial charge in [-0.3, -0.25) is 34.5 Å². The van der Waals surface area contributed by atoms with Crippen molar-refractivity contribution in [3.05, 3.63) is 88.9 Å². The maximum absolute atomic E-state index is 14.2. The summed E-state index contributed by atoms with van der Waals surface area (Å²) in [4.78, 5) is 81.0. The van der Waals surface area contributed by atoms with Crippen LogP contribution in [0.5, 0.6) is 0 Å². The van der Waals surface area contributed by atoms with E-state index in [1.54, 1.807) is 20.2 Å². The molecule has 7 N–H and O–H groups in total. The van der Waals surface area contributed by atoms with E-state index in [1.807, 2.05) is 71.1 Å². The van der Waals surface area contributed by atoms with Gasteiger partial charge in [-0.25, -0.2) is 14.8 Å². The van der Waals surface area contributed by atoms with Crippen molar-refractivity contribution >= 4 is 62.1 Å². The summed E-state index contributed by atoms with van der Waals surface area (Å²) in [7, 11) is 1.64. The van der Waals surface area contributed by atoms with Crippen LogP contribution in [0.4, 0.5) is 10.9 Å². The number of methoxy groups -OCH3 is 1. The molecule has 4 amide bonds. The number of anilines is 2. The number of benzene rings is 2. The van der Waals surface area contributed by atoms with Gasteiger partial charge in [0.05, 0.1) is 180 Å². The maximum Gasteiger partial charge on any atom is 0.355 e. The molecule has 30 heteroatoms. The Morgan fingerprint density at radius 3 is 1.78 bits per heavy atom. The molecule has 4 aliphatic carbocycles. The number of carboxylic acid groups (broad SMARTS) is 1. The minimum atomic E-state index is -1.16. The molecule has 4 fully saturated rings. The van der Waals surface area contributed by atoms with Crippen LogP contribution in [-0.4, -0.2) is 262 Å². The van der Waals surface area contributed by atoms with E-state index >= 15 is 0 Å². The van der Waals surface area contributed by atoms with Crippen molar-refractivity contribution < 1.29 is 90.7 Å². The van der Waals surface area contributed by atoms with Crippen molar-refractivity contribution in [3.8, 4) is 11.1 Å². The van der Waals surface area contributed by atoms with Crippen molar-refractivity contribution in [2.75, 3.05) is 196 Å². The molecule has 5 aromatic rings. The zero-order valence-corrected chi connectivity index (χ0v) is 63.4. The van der Waals surface area contributed by atoms with Crippen LogP contribution in [0.25, 0.3) is 21.3 Å². The molecular formula is C76H112N10O19S. The van der Waals surface area contributed by atoms with E-state index in [4.69, 9.17) is 83.1 Å². The number of nitrogens with zero attached hydrogens (tertiary/aromatic N) is 6. The Bertz CT molecular complexity index is 3530. The van der Waals surface area contributed by atoms with Crippen molar-refractivity contribution in [3.63, 3.8) is 0 Å². The average molecular weight is 1500 g/mol. The number of thiazole rings is 1. The number of imide groups is 1. The zero-order valence-electron chi connectivity index (χ0n) is 62.5. The molecule has 4 saturated carbocycles. The van der Waals surface area contributed by atoms with Crippen LogP contribution >= 0.6 is 11.3 Å². The predicted octanol–water partition coefficient (Wildman–Crippen LogP) is 6.66.